The smallest absolute Gasteiger partial charge is 0.246 e. The lowest BCUT2D eigenvalue weighted by molar-refractivity contribution is -0.142. The molecule has 0 spiro atoms. The van der Waals surface area contributed by atoms with Gasteiger partial charge < -0.3 is 43.0 Å². The number of aliphatic imine (C=N–C) groups is 1. The van der Waals surface area contributed by atoms with Crippen LogP contribution in [-0.4, -0.2) is 82.6 Å². The third-order valence-electron chi connectivity index (χ3n) is 11.4. The van der Waals surface area contributed by atoms with E-state index in [4.69, 9.17) is 17.2 Å². The van der Waals surface area contributed by atoms with Gasteiger partial charge in [0, 0.05) is 50.0 Å². The number of amides is 5. The van der Waals surface area contributed by atoms with Gasteiger partial charge >= 0.3 is 0 Å². The Morgan fingerprint density at radius 1 is 0.847 bits per heavy atom. The number of rotatable bonds is 20. The first-order chi connectivity index (χ1) is 28.4. The molecule has 1 aromatic heterocycles. The molecular weight excluding hydrogens is 747 g/mol. The Labute approximate surface area is 346 Å². The maximum Gasteiger partial charge on any atom is 0.246 e. The molecular formula is C45H59N9O5. The monoisotopic (exact) mass is 805 g/mol. The molecule has 4 aromatic rings. The standard InChI is InChI=1S/C45H59N9O5/c1-3-4-21-39(55)53-45(24-22-32(23-25-45)31-16-9-6-10-17-31)43(59)52-37(27-30-14-7-5-8-15-30)41(57)51-36(20-13-26-49-44(47)48)42(58)54(2)38(40(46)56)28-33-29-50-35-19-12-11-18-34(33)35/h5-12,14-19,29,32,36-38,50H,3-4,13,20-28H2,1-2H3,(H2,46,56)(H,51,57)(H,52,59)(H,53,55)(H4,47,48,49)/t32?,36-,37+,38-,45?/m0/s1. The Bertz CT molecular complexity index is 2060. The van der Waals surface area contributed by atoms with Crippen LogP contribution in [0.2, 0.25) is 0 Å². The highest BCUT2D eigenvalue weighted by atomic mass is 16.2. The number of aromatic amines is 1. The average molecular weight is 806 g/mol. The summed E-state index contributed by atoms with van der Waals surface area (Å²) in [6.45, 7) is 2.19. The molecule has 1 saturated carbocycles. The van der Waals surface area contributed by atoms with E-state index in [0.29, 0.717) is 38.5 Å². The molecule has 1 fully saturated rings. The highest BCUT2D eigenvalue weighted by molar-refractivity contribution is 5.97. The summed E-state index contributed by atoms with van der Waals surface area (Å²) in [6.07, 6.45) is 6.37. The van der Waals surface area contributed by atoms with Gasteiger partial charge in [0.2, 0.25) is 29.5 Å². The topological polar surface area (TPSA) is 231 Å². The zero-order valence-corrected chi connectivity index (χ0v) is 34.1. The number of para-hydroxylation sites is 1. The van der Waals surface area contributed by atoms with Gasteiger partial charge in [0.05, 0.1) is 0 Å². The summed E-state index contributed by atoms with van der Waals surface area (Å²) in [6, 6.07) is 23.7. The molecule has 0 aliphatic heterocycles. The van der Waals surface area contributed by atoms with Gasteiger partial charge in [-0.3, -0.25) is 29.0 Å². The number of aromatic nitrogens is 1. The number of unbranched alkanes of at least 4 members (excludes halogenated alkanes) is 1. The van der Waals surface area contributed by atoms with Gasteiger partial charge in [-0.25, -0.2) is 0 Å². The van der Waals surface area contributed by atoms with Crippen LogP contribution in [0, 0.1) is 0 Å². The molecule has 0 bridgehead atoms. The van der Waals surface area contributed by atoms with Crippen LogP contribution < -0.4 is 33.2 Å². The number of nitrogens with zero attached hydrogens (tertiary/aromatic N) is 2. The highest BCUT2D eigenvalue weighted by Crippen LogP contribution is 2.38. The van der Waals surface area contributed by atoms with E-state index in [2.05, 4.69) is 38.1 Å². The molecule has 1 heterocycles. The summed E-state index contributed by atoms with van der Waals surface area (Å²) >= 11 is 0. The fourth-order valence-corrected chi connectivity index (χ4v) is 7.97. The number of nitrogens with two attached hydrogens (primary N) is 3. The number of nitrogens with one attached hydrogen (secondary N) is 4. The SMILES string of the molecule is CCCCC(=O)NC1(C(=O)N[C@H](Cc2ccccc2)C(=O)N[C@@H](CCCN=C(N)N)C(=O)N(C)[C@@H](Cc2c[nH]c3ccccc23)C(N)=O)CCC(c2ccccc2)CC1. The van der Waals surface area contributed by atoms with Crippen molar-refractivity contribution in [2.45, 2.75) is 107 Å². The summed E-state index contributed by atoms with van der Waals surface area (Å²) in [5, 5.41) is 9.91. The number of likely N-dealkylation sites (N-methyl/N-ethyl adjacent to an activating group) is 1. The molecule has 314 valence electrons. The summed E-state index contributed by atoms with van der Waals surface area (Å²) in [5.41, 5.74) is 19.4. The summed E-state index contributed by atoms with van der Waals surface area (Å²) < 4.78 is 0. The van der Waals surface area contributed by atoms with Crippen LogP contribution in [0.5, 0.6) is 0 Å². The minimum atomic E-state index is -1.24. The third-order valence-corrected chi connectivity index (χ3v) is 11.4. The zero-order chi connectivity index (χ0) is 42.4. The van der Waals surface area contributed by atoms with E-state index in [1.165, 1.54) is 17.5 Å². The molecule has 10 N–H and O–H groups in total. The Balaban J connectivity index is 1.40. The average Bonchev–Trinajstić information content (AvgIpc) is 3.65. The Hall–Kier alpha value is -6.18. The van der Waals surface area contributed by atoms with Crippen molar-refractivity contribution in [1.82, 2.24) is 25.8 Å². The van der Waals surface area contributed by atoms with Crippen molar-refractivity contribution in [3.05, 3.63) is 108 Å². The van der Waals surface area contributed by atoms with Gasteiger partial charge in [-0.1, -0.05) is 92.2 Å². The van der Waals surface area contributed by atoms with E-state index in [1.54, 1.807) is 6.20 Å². The number of hydrogen-bond donors (Lipinski definition) is 7. The number of H-pyrrole nitrogens is 1. The summed E-state index contributed by atoms with van der Waals surface area (Å²) in [7, 11) is 1.49. The Morgan fingerprint density at radius 3 is 2.17 bits per heavy atom. The fourth-order valence-electron chi connectivity index (χ4n) is 7.97. The van der Waals surface area contributed by atoms with Gasteiger partial charge in [-0.05, 0) is 73.6 Å². The van der Waals surface area contributed by atoms with E-state index in [1.807, 2.05) is 79.7 Å². The zero-order valence-electron chi connectivity index (χ0n) is 34.1. The first kappa shape index (κ1) is 43.9. The predicted octanol–water partition coefficient (Wildman–Crippen LogP) is 3.69. The van der Waals surface area contributed by atoms with Gasteiger partial charge in [-0.15, -0.1) is 0 Å². The van der Waals surface area contributed by atoms with E-state index in [0.717, 1.165) is 28.5 Å². The van der Waals surface area contributed by atoms with Crippen molar-refractivity contribution in [2.24, 2.45) is 22.2 Å². The first-order valence-corrected chi connectivity index (χ1v) is 20.6. The Morgan fingerprint density at radius 2 is 1.51 bits per heavy atom. The van der Waals surface area contributed by atoms with Crippen LogP contribution in [0.4, 0.5) is 0 Å². The van der Waals surface area contributed by atoms with E-state index >= 15 is 0 Å². The highest BCUT2D eigenvalue weighted by Gasteiger charge is 2.45. The molecule has 14 nitrogen and oxygen atoms in total. The third kappa shape index (κ3) is 11.9. The van der Waals surface area contributed by atoms with Crippen LogP contribution in [0.1, 0.15) is 87.3 Å². The second-order valence-corrected chi connectivity index (χ2v) is 15.6. The van der Waals surface area contributed by atoms with Crippen LogP contribution in [0.3, 0.4) is 0 Å². The maximum absolute atomic E-state index is 14.6. The van der Waals surface area contributed by atoms with Gasteiger partial charge in [0.15, 0.2) is 5.96 Å². The predicted molar refractivity (Wildman–Crippen MR) is 230 cm³/mol. The fraction of sp³-hybridized carbons (Fsp3) is 0.422. The van der Waals surface area contributed by atoms with Crippen LogP contribution in [0.15, 0.2) is 96.1 Å². The number of primary amides is 1. The van der Waals surface area contributed by atoms with Crippen LogP contribution in [-0.2, 0) is 36.8 Å². The number of benzene rings is 3. The number of guanidine groups is 1. The normalized spacial score (nSPS) is 17.8. The van der Waals surface area contributed by atoms with Crippen LogP contribution in [0.25, 0.3) is 10.9 Å². The second kappa shape index (κ2) is 21.0. The van der Waals surface area contributed by atoms with Crippen molar-refractivity contribution in [2.75, 3.05) is 13.6 Å². The molecule has 3 aromatic carbocycles. The lowest BCUT2D eigenvalue weighted by atomic mass is 9.73. The van der Waals surface area contributed by atoms with E-state index in [-0.39, 0.29) is 50.0 Å². The van der Waals surface area contributed by atoms with Crippen molar-refractivity contribution in [3.63, 3.8) is 0 Å². The Kier molecular flexibility index (Phi) is 15.6. The first-order valence-electron chi connectivity index (χ1n) is 20.6. The number of carbonyl (C=O) groups is 5. The van der Waals surface area contributed by atoms with Gasteiger partial charge in [0.25, 0.3) is 0 Å². The van der Waals surface area contributed by atoms with Crippen molar-refractivity contribution in [3.8, 4) is 0 Å². The minimum Gasteiger partial charge on any atom is -0.370 e. The molecule has 3 atom stereocenters. The van der Waals surface area contributed by atoms with Crippen molar-refractivity contribution in [1.29, 1.82) is 0 Å². The molecule has 14 heteroatoms. The lowest BCUT2D eigenvalue weighted by Gasteiger charge is -2.40. The largest absolute Gasteiger partial charge is 0.370 e. The lowest BCUT2D eigenvalue weighted by Crippen LogP contribution is -2.64. The number of carbonyl (C=O) groups excluding carboxylic acids is 5. The molecule has 0 unspecified atom stereocenters. The van der Waals surface area contributed by atoms with Crippen LogP contribution >= 0.6 is 0 Å². The number of hydrogen-bond acceptors (Lipinski definition) is 6. The minimum absolute atomic E-state index is 0.110. The maximum atomic E-state index is 14.6. The summed E-state index contributed by atoms with van der Waals surface area (Å²) in [4.78, 5) is 78.2. The van der Waals surface area contributed by atoms with Crippen molar-refractivity contribution < 1.29 is 24.0 Å². The van der Waals surface area contributed by atoms with Crippen molar-refractivity contribution >= 4 is 46.4 Å². The molecule has 1 aliphatic carbocycles. The molecule has 5 rings (SSSR count). The summed E-state index contributed by atoms with van der Waals surface area (Å²) in [5.74, 6) is -2.42. The molecule has 0 radical (unpaired) electrons. The van der Waals surface area contributed by atoms with Gasteiger partial charge in [-0.2, -0.15) is 0 Å². The molecule has 0 saturated heterocycles. The molecule has 59 heavy (non-hydrogen) atoms. The quantitative estimate of drug-likeness (QED) is 0.0398. The second-order valence-electron chi connectivity index (χ2n) is 15.6. The van der Waals surface area contributed by atoms with E-state index in [9.17, 15) is 24.0 Å². The number of fused-ring (bicyclic) bond motifs is 1. The van der Waals surface area contributed by atoms with Gasteiger partial charge in [0.1, 0.15) is 23.7 Å². The van der Waals surface area contributed by atoms with E-state index < -0.39 is 47.3 Å². The molecule has 5 amide bonds. The molecule has 1 aliphatic rings.